The fourth-order valence-corrected chi connectivity index (χ4v) is 1.26. The molecule has 15 heavy (non-hydrogen) atoms. The van der Waals surface area contributed by atoms with Gasteiger partial charge in [0.05, 0.1) is 5.54 Å². The average molecular weight is 278 g/mol. The van der Waals surface area contributed by atoms with Crippen LogP contribution in [-0.4, -0.2) is 41.1 Å². The first-order valence-electron chi connectivity index (χ1n) is 4.36. The number of aliphatic imine (C=N–C) groups is 1. The fourth-order valence-electron chi connectivity index (χ4n) is 1.26. The minimum absolute atomic E-state index is 0. The van der Waals surface area contributed by atoms with E-state index in [1.54, 1.807) is 0 Å². The molecule has 0 saturated heterocycles. The van der Waals surface area contributed by atoms with Crippen molar-refractivity contribution in [2.75, 3.05) is 6.61 Å². The van der Waals surface area contributed by atoms with Crippen molar-refractivity contribution in [2.45, 2.75) is 19.4 Å². The van der Waals surface area contributed by atoms with Crippen molar-refractivity contribution in [3.05, 3.63) is 35.9 Å². The largest absolute Gasteiger partial charge is 2.00 e. The zero-order valence-electron chi connectivity index (χ0n) is 8.96. The molecule has 0 radical (unpaired) electrons. The van der Waals surface area contributed by atoms with Crippen LogP contribution >= 0.6 is 0 Å². The third-order valence-electron chi connectivity index (χ3n) is 1.92. The predicted octanol–water partition coefficient (Wildman–Crippen LogP) is -1.33. The van der Waals surface area contributed by atoms with Gasteiger partial charge in [0.2, 0.25) is 0 Å². The normalized spacial score (nSPS) is 16.8. The summed E-state index contributed by atoms with van der Waals surface area (Å²) in [6.45, 7) is 4.79. The van der Waals surface area contributed by atoms with Crippen molar-refractivity contribution in [1.29, 1.82) is 0 Å². The van der Waals surface area contributed by atoms with Crippen LogP contribution in [0.2, 0.25) is 0 Å². The summed E-state index contributed by atoms with van der Waals surface area (Å²) in [6.07, 6.45) is 0. The van der Waals surface area contributed by atoms with Crippen LogP contribution in [0.1, 0.15) is 19.4 Å². The first-order valence-corrected chi connectivity index (χ1v) is 4.36. The molecular formula is C11H12BrMgNO. The third kappa shape index (κ3) is 3.77. The van der Waals surface area contributed by atoms with E-state index in [4.69, 9.17) is 4.74 Å². The van der Waals surface area contributed by atoms with Gasteiger partial charge in [0.15, 0.2) is 5.90 Å². The first-order chi connectivity index (χ1) is 6.17. The molecule has 0 aromatic heterocycles. The summed E-state index contributed by atoms with van der Waals surface area (Å²) in [5.74, 6) is 0.738. The summed E-state index contributed by atoms with van der Waals surface area (Å²) in [6, 6.07) is 10.7. The van der Waals surface area contributed by atoms with Crippen molar-refractivity contribution in [3.63, 3.8) is 0 Å². The van der Waals surface area contributed by atoms with Gasteiger partial charge < -0.3 is 21.7 Å². The van der Waals surface area contributed by atoms with Crippen molar-refractivity contribution >= 4 is 29.0 Å². The molecule has 1 aliphatic heterocycles. The van der Waals surface area contributed by atoms with Crippen LogP contribution in [0.4, 0.5) is 0 Å². The van der Waals surface area contributed by atoms with E-state index in [0.717, 1.165) is 11.5 Å². The van der Waals surface area contributed by atoms with Gasteiger partial charge in [-0.25, -0.2) is 0 Å². The van der Waals surface area contributed by atoms with Crippen LogP contribution in [0.25, 0.3) is 0 Å². The van der Waals surface area contributed by atoms with Crippen LogP contribution in [0.15, 0.2) is 29.3 Å². The molecule has 0 saturated carbocycles. The van der Waals surface area contributed by atoms with Crippen LogP contribution in [0, 0.1) is 6.07 Å². The Morgan fingerprint density at radius 3 is 2.67 bits per heavy atom. The molecule has 1 heterocycles. The Hall–Kier alpha value is -0.0638. The summed E-state index contributed by atoms with van der Waals surface area (Å²) < 4.78 is 5.48. The fraction of sp³-hybridized carbons (Fsp3) is 0.364. The van der Waals surface area contributed by atoms with Gasteiger partial charge in [0, 0.05) is 0 Å². The third-order valence-corrected chi connectivity index (χ3v) is 1.92. The summed E-state index contributed by atoms with van der Waals surface area (Å²) in [4.78, 5) is 4.47. The van der Waals surface area contributed by atoms with Gasteiger partial charge in [-0.05, 0) is 13.8 Å². The molecule has 0 fully saturated rings. The Balaban J connectivity index is 0.000000980. The Bertz CT molecular complexity index is 338. The van der Waals surface area contributed by atoms with Crippen molar-refractivity contribution < 1.29 is 21.7 Å². The van der Waals surface area contributed by atoms with Gasteiger partial charge in [-0.2, -0.15) is 30.3 Å². The van der Waals surface area contributed by atoms with E-state index in [0.29, 0.717) is 6.61 Å². The summed E-state index contributed by atoms with van der Waals surface area (Å²) in [7, 11) is 0. The molecule has 1 aliphatic rings. The van der Waals surface area contributed by atoms with E-state index in [1.165, 1.54) is 0 Å². The van der Waals surface area contributed by atoms with Gasteiger partial charge in [-0.1, -0.05) is 5.56 Å². The minimum atomic E-state index is -0.0782. The monoisotopic (exact) mass is 277 g/mol. The van der Waals surface area contributed by atoms with Gasteiger partial charge in [0.25, 0.3) is 0 Å². The Kier molecular flexibility index (Phi) is 5.84. The maximum atomic E-state index is 5.48. The van der Waals surface area contributed by atoms with Crippen molar-refractivity contribution in [2.24, 2.45) is 4.99 Å². The van der Waals surface area contributed by atoms with Crippen LogP contribution in [0.3, 0.4) is 0 Å². The standard InChI is InChI=1S/C11H12NO.BrH.Mg/c1-11(2)8-13-10(12-11)9-6-4-3-5-7-9;;/h3-4,6-7H,8H2,1-2H3;1H;/q-1;;+2/p-1. The van der Waals surface area contributed by atoms with Gasteiger partial charge >= 0.3 is 23.1 Å². The summed E-state index contributed by atoms with van der Waals surface area (Å²) >= 11 is 0. The summed E-state index contributed by atoms with van der Waals surface area (Å²) in [5, 5.41) is 0. The Morgan fingerprint density at radius 2 is 2.20 bits per heavy atom. The number of hydrogen-bond donors (Lipinski definition) is 0. The summed E-state index contributed by atoms with van der Waals surface area (Å²) in [5.41, 5.74) is 0.929. The van der Waals surface area contributed by atoms with E-state index in [9.17, 15) is 0 Å². The molecule has 0 unspecified atom stereocenters. The topological polar surface area (TPSA) is 21.6 Å². The van der Waals surface area contributed by atoms with E-state index < -0.39 is 0 Å². The van der Waals surface area contributed by atoms with E-state index in [-0.39, 0.29) is 45.6 Å². The molecule has 0 atom stereocenters. The quantitative estimate of drug-likeness (QED) is 0.461. The number of rotatable bonds is 1. The Morgan fingerprint density at radius 1 is 1.47 bits per heavy atom. The maximum absolute atomic E-state index is 5.48. The number of benzene rings is 1. The number of halogens is 1. The van der Waals surface area contributed by atoms with Gasteiger partial charge in [0.1, 0.15) is 6.61 Å². The van der Waals surface area contributed by atoms with Crippen LogP contribution < -0.4 is 17.0 Å². The second-order valence-electron chi connectivity index (χ2n) is 3.81. The minimum Gasteiger partial charge on any atom is -1.00 e. The molecule has 0 amide bonds. The maximum Gasteiger partial charge on any atom is 2.00 e. The van der Waals surface area contributed by atoms with Crippen LogP contribution in [-0.2, 0) is 4.74 Å². The van der Waals surface area contributed by atoms with Crippen molar-refractivity contribution in [1.82, 2.24) is 0 Å². The molecule has 4 heteroatoms. The molecule has 0 N–H and O–H groups in total. The molecule has 0 bridgehead atoms. The smallest absolute Gasteiger partial charge is 1.00 e. The van der Waals surface area contributed by atoms with E-state index >= 15 is 0 Å². The molecule has 1 aromatic carbocycles. The van der Waals surface area contributed by atoms with Crippen LogP contribution in [0.5, 0.6) is 0 Å². The zero-order chi connectivity index (χ0) is 9.31. The zero-order valence-corrected chi connectivity index (χ0v) is 12.0. The average Bonchev–Trinajstić information content (AvgIpc) is 2.48. The molecular weight excluding hydrogens is 266 g/mol. The number of ether oxygens (including phenoxy) is 1. The number of nitrogens with zero attached hydrogens (tertiary/aromatic N) is 1. The predicted molar refractivity (Wildman–Crippen MR) is 57.6 cm³/mol. The molecule has 0 aliphatic carbocycles. The van der Waals surface area contributed by atoms with Crippen molar-refractivity contribution in [3.8, 4) is 0 Å². The Labute approximate surface area is 117 Å². The molecule has 76 valence electrons. The first kappa shape index (κ1) is 14.9. The molecule has 0 spiro atoms. The molecule has 2 rings (SSSR count). The second-order valence-corrected chi connectivity index (χ2v) is 3.81. The van der Waals surface area contributed by atoms with E-state index in [1.807, 2.05) is 24.3 Å². The molecule has 1 aromatic rings. The van der Waals surface area contributed by atoms with Gasteiger partial charge in [-0.3, -0.25) is 4.99 Å². The van der Waals surface area contributed by atoms with Gasteiger partial charge in [-0.15, -0.1) is 0 Å². The van der Waals surface area contributed by atoms with E-state index in [2.05, 4.69) is 24.9 Å². The second kappa shape index (κ2) is 5.87. The number of hydrogen-bond acceptors (Lipinski definition) is 2. The SMILES string of the molecule is CC1(C)COC(c2c[c-]ccc2)=N1.[Br-].[Mg+2]. The molecule has 2 nitrogen and oxygen atoms in total.